The zero-order chi connectivity index (χ0) is 21.1. The highest BCUT2D eigenvalue weighted by atomic mass is 35.5. The third kappa shape index (κ3) is 4.11. The molecule has 0 spiro atoms. The second-order valence-electron chi connectivity index (χ2n) is 7.12. The van der Waals surface area contributed by atoms with Crippen molar-refractivity contribution in [3.8, 4) is 22.9 Å². The van der Waals surface area contributed by atoms with Gasteiger partial charge in [-0.2, -0.15) is 4.98 Å². The van der Waals surface area contributed by atoms with Crippen LogP contribution in [0.2, 0.25) is 5.02 Å². The maximum atomic E-state index is 13.1. The molecule has 1 fully saturated rings. The lowest BCUT2D eigenvalue weighted by atomic mass is 9.97. The van der Waals surface area contributed by atoms with Gasteiger partial charge in [-0.15, -0.1) is 0 Å². The zero-order valence-corrected chi connectivity index (χ0v) is 17.6. The smallest absolute Gasteiger partial charge is 0.254 e. The normalized spacial score (nSPS) is 16.4. The Labute approximate surface area is 179 Å². The van der Waals surface area contributed by atoms with E-state index in [1.54, 1.807) is 44.6 Å². The first-order valence-electron chi connectivity index (χ1n) is 9.70. The molecule has 4 rings (SSSR count). The van der Waals surface area contributed by atoms with E-state index in [2.05, 4.69) is 10.1 Å². The minimum Gasteiger partial charge on any atom is -0.493 e. The Morgan fingerprint density at radius 1 is 1.13 bits per heavy atom. The molecule has 30 heavy (non-hydrogen) atoms. The number of amides is 1. The fourth-order valence-corrected chi connectivity index (χ4v) is 3.76. The molecule has 1 amide bonds. The first-order chi connectivity index (χ1) is 14.6. The van der Waals surface area contributed by atoms with Gasteiger partial charge in [0.15, 0.2) is 11.5 Å². The molecule has 0 N–H and O–H groups in total. The number of hydrogen-bond donors (Lipinski definition) is 0. The lowest BCUT2D eigenvalue weighted by Gasteiger charge is -2.31. The topological polar surface area (TPSA) is 77.7 Å². The molecular formula is C22H22ClN3O4. The van der Waals surface area contributed by atoms with Crippen LogP contribution >= 0.6 is 11.6 Å². The molecular weight excluding hydrogens is 406 g/mol. The lowest BCUT2D eigenvalue weighted by molar-refractivity contribution is 0.0695. The van der Waals surface area contributed by atoms with Crippen molar-refractivity contribution in [1.29, 1.82) is 0 Å². The van der Waals surface area contributed by atoms with Crippen molar-refractivity contribution >= 4 is 17.5 Å². The van der Waals surface area contributed by atoms with Crippen LogP contribution in [-0.4, -0.2) is 48.3 Å². The molecule has 0 aliphatic carbocycles. The highest BCUT2D eigenvalue weighted by molar-refractivity contribution is 6.30. The quantitative estimate of drug-likeness (QED) is 0.599. The van der Waals surface area contributed by atoms with Crippen molar-refractivity contribution in [2.45, 2.75) is 18.8 Å². The third-order valence-electron chi connectivity index (χ3n) is 5.23. The van der Waals surface area contributed by atoms with E-state index in [1.165, 1.54) is 0 Å². The van der Waals surface area contributed by atoms with Crippen LogP contribution < -0.4 is 9.47 Å². The van der Waals surface area contributed by atoms with Crippen molar-refractivity contribution in [2.24, 2.45) is 0 Å². The maximum absolute atomic E-state index is 13.1. The molecule has 156 valence electrons. The summed E-state index contributed by atoms with van der Waals surface area (Å²) in [6.07, 6.45) is 1.75. The fraction of sp³-hybridized carbons (Fsp3) is 0.318. The molecule has 1 aliphatic heterocycles. The van der Waals surface area contributed by atoms with Crippen LogP contribution in [0.1, 0.15) is 35.0 Å². The highest BCUT2D eigenvalue weighted by Gasteiger charge is 2.29. The summed E-state index contributed by atoms with van der Waals surface area (Å²) >= 11 is 5.94. The number of carbonyl (C=O) groups excluding carboxylic acids is 1. The Bertz CT molecular complexity index is 1040. The van der Waals surface area contributed by atoms with Gasteiger partial charge in [-0.25, -0.2) is 0 Å². The van der Waals surface area contributed by atoms with Gasteiger partial charge in [0, 0.05) is 29.2 Å². The minimum absolute atomic E-state index is 0.00334. The number of benzene rings is 2. The van der Waals surface area contributed by atoms with E-state index in [9.17, 15) is 4.79 Å². The summed E-state index contributed by atoms with van der Waals surface area (Å²) in [6.45, 7) is 1.21. The predicted molar refractivity (Wildman–Crippen MR) is 112 cm³/mol. The number of likely N-dealkylation sites (tertiary alicyclic amines) is 1. The van der Waals surface area contributed by atoms with E-state index >= 15 is 0 Å². The third-order valence-corrected chi connectivity index (χ3v) is 5.48. The Balaban J connectivity index is 1.49. The number of piperidine rings is 1. The van der Waals surface area contributed by atoms with Crippen LogP contribution in [0, 0.1) is 0 Å². The van der Waals surface area contributed by atoms with E-state index in [-0.39, 0.29) is 11.8 Å². The Hall–Kier alpha value is -3.06. The number of halogens is 1. The van der Waals surface area contributed by atoms with Gasteiger partial charge < -0.3 is 18.9 Å². The van der Waals surface area contributed by atoms with Crippen molar-refractivity contribution in [3.63, 3.8) is 0 Å². The van der Waals surface area contributed by atoms with Gasteiger partial charge in [-0.05, 0) is 55.3 Å². The second-order valence-corrected chi connectivity index (χ2v) is 7.56. The van der Waals surface area contributed by atoms with E-state index in [0.29, 0.717) is 46.9 Å². The molecule has 0 bridgehead atoms. The molecule has 1 aliphatic rings. The molecule has 2 aromatic carbocycles. The van der Waals surface area contributed by atoms with Crippen molar-refractivity contribution in [3.05, 3.63) is 58.9 Å². The minimum atomic E-state index is -0.0573. The van der Waals surface area contributed by atoms with Crippen molar-refractivity contribution < 1.29 is 18.8 Å². The van der Waals surface area contributed by atoms with Crippen molar-refractivity contribution in [2.75, 3.05) is 27.3 Å². The van der Waals surface area contributed by atoms with Crippen LogP contribution in [-0.2, 0) is 0 Å². The number of hydrogen-bond acceptors (Lipinski definition) is 6. The molecule has 1 aromatic heterocycles. The van der Waals surface area contributed by atoms with Gasteiger partial charge >= 0.3 is 0 Å². The van der Waals surface area contributed by atoms with E-state index in [0.717, 1.165) is 18.4 Å². The van der Waals surface area contributed by atoms with Crippen LogP contribution in [0.4, 0.5) is 0 Å². The number of ether oxygens (including phenoxy) is 2. The van der Waals surface area contributed by atoms with Gasteiger partial charge in [-0.3, -0.25) is 4.79 Å². The van der Waals surface area contributed by atoms with Crippen LogP contribution in [0.15, 0.2) is 47.0 Å². The first kappa shape index (κ1) is 20.2. The molecule has 0 radical (unpaired) electrons. The Morgan fingerprint density at radius 2 is 1.90 bits per heavy atom. The molecule has 2 heterocycles. The summed E-state index contributed by atoms with van der Waals surface area (Å²) in [7, 11) is 3.12. The molecule has 1 atom stereocenters. The molecule has 0 unspecified atom stereocenters. The number of aromatic nitrogens is 2. The summed E-state index contributed by atoms with van der Waals surface area (Å²) in [5.41, 5.74) is 1.39. The van der Waals surface area contributed by atoms with Gasteiger partial charge in [0.2, 0.25) is 11.7 Å². The van der Waals surface area contributed by atoms with Gasteiger partial charge in [-0.1, -0.05) is 16.8 Å². The van der Waals surface area contributed by atoms with E-state index in [4.69, 9.17) is 25.6 Å². The molecule has 0 saturated carbocycles. The Morgan fingerprint density at radius 3 is 2.63 bits per heavy atom. The Kier molecular flexibility index (Phi) is 5.90. The number of nitrogens with zero attached hydrogens (tertiary/aromatic N) is 3. The predicted octanol–water partition coefficient (Wildman–Crippen LogP) is 4.43. The maximum Gasteiger partial charge on any atom is 0.254 e. The monoisotopic (exact) mass is 427 g/mol. The van der Waals surface area contributed by atoms with Crippen LogP contribution in [0.5, 0.6) is 11.5 Å². The van der Waals surface area contributed by atoms with Crippen molar-refractivity contribution in [1.82, 2.24) is 15.0 Å². The van der Waals surface area contributed by atoms with E-state index < -0.39 is 0 Å². The van der Waals surface area contributed by atoms with Gasteiger partial charge in [0.1, 0.15) is 0 Å². The van der Waals surface area contributed by atoms with Gasteiger partial charge in [0.05, 0.1) is 20.1 Å². The highest BCUT2D eigenvalue weighted by Crippen LogP contribution is 2.31. The largest absolute Gasteiger partial charge is 0.493 e. The van der Waals surface area contributed by atoms with Gasteiger partial charge in [0.25, 0.3) is 5.91 Å². The average molecular weight is 428 g/mol. The molecule has 8 heteroatoms. The summed E-state index contributed by atoms with van der Waals surface area (Å²) < 4.78 is 16.1. The lowest BCUT2D eigenvalue weighted by Crippen LogP contribution is -2.39. The summed E-state index contributed by atoms with van der Waals surface area (Å²) in [5, 5.41) is 4.75. The SMILES string of the molecule is COc1ccc(C(=O)N2CCC[C@@H](c3nc(-c4ccc(Cl)cc4)no3)C2)cc1OC. The number of methoxy groups -OCH3 is 2. The average Bonchev–Trinajstić information content (AvgIpc) is 3.29. The summed E-state index contributed by atoms with van der Waals surface area (Å²) in [5.74, 6) is 2.12. The van der Waals surface area contributed by atoms with Crippen LogP contribution in [0.3, 0.4) is 0 Å². The standard InChI is InChI=1S/C22H22ClN3O4/c1-28-18-10-7-15(12-19(18)29-2)22(27)26-11-3-4-16(13-26)21-24-20(25-30-21)14-5-8-17(23)9-6-14/h5-10,12,16H,3-4,11,13H2,1-2H3/t16-/m1/s1. The molecule has 7 nitrogen and oxygen atoms in total. The zero-order valence-electron chi connectivity index (χ0n) is 16.8. The second kappa shape index (κ2) is 8.75. The summed E-state index contributed by atoms with van der Waals surface area (Å²) in [6, 6.07) is 12.5. The first-order valence-corrected chi connectivity index (χ1v) is 10.1. The molecule has 1 saturated heterocycles. The number of carbonyl (C=O) groups is 1. The summed E-state index contributed by atoms with van der Waals surface area (Å²) in [4.78, 5) is 19.4. The van der Waals surface area contributed by atoms with E-state index in [1.807, 2.05) is 17.0 Å². The van der Waals surface area contributed by atoms with Crippen LogP contribution in [0.25, 0.3) is 11.4 Å². The number of rotatable bonds is 5. The fourth-order valence-electron chi connectivity index (χ4n) is 3.63. The molecule has 3 aromatic rings.